The van der Waals surface area contributed by atoms with Crippen molar-refractivity contribution >= 4 is 11.5 Å². The van der Waals surface area contributed by atoms with Crippen LogP contribution in [-0.4, -0.2) is 17.0 Å². The Morgan fingerprint density at radius 2 is 2.21 bits per heavy atom. The zero-order chi connectivity index (χ0) is 14.0. The molecule has 2 rings (SSSR count). The molecular formula is C15H16N2O2. The molecule has 0 unspecified atom stereocenters. The molecule has 4 heteroatoms. The zero-order valence-electron chi connectivity index (χ0n) is 11.3. The highest BCUT2D eigenvalue weighted by Crippen LogP contribution is 2.30. The number of hydrogen-bond acceptors (Lipinski definition) is 3. The van der Waals surface area contributed by atoms with E-state index in [0.29, 0.717) is 17.9 Å². The molecular weight excluding hydrogens is 240 g/mol. The van der Waals surface area contributed by atoms with Crippen LogP contribution in [0.2, 0.25) is 0 Å². The second-order valence-electron chi connectivity index (χ2n) is 4.58. The van der Waals surface area contributed by atoms with Crippen LogP contribution in [0.1, 0.15) is 48.3 Å². The van der Waals surface area contributed by atoms with Crippen molar-refractivity contribution in [1.82, 2.24) is 4.40 Å². The highest BCUT2D eigenvalue weighted by atomic mass is 16.5. The van der Waals surface area contributed by atoms with E-state index in [1.165, 1.54) is 0 Å². The van der Waals surface area contributed by atoms with Crippen molar-refractivity contribution < 1.29 is 9.53 Å². The van der Waals surface area contributed by atoms with E-state index in [4.69, 9.17) is 4.74 Å². The minimum Gasteiger partial charge on any atom is -0.462 e. The summed E-state index contributed by atoms with van der Waals surface area (Å²) >= 11 is 0. The molecule has 0 radical (unpaired) electrons. The molecule has 0 spiro atoms. The van der Waals surface area contributed by atoms with Gasteiger partial charge in [0.05, 0.1) is 17.7 Å². The summed E-state index contributed by atoms with van der Waals surface area (Å²) in [5.74, 6) is -0.287. The molecule has 2 aromatic heterocycles. The van der Waals surface area contributed by atoms with Gasteiger partial charge in [0.2, 0.25) is 0 Å². The van der Waals surface area contributed by atoms with Gasteiger partial charge < -0.3 is 9.14 Å². The summed E-state index contributed by atoms with van der Waals surface area (Å²) in [6, 6.07) is 7.72. The Morgan fingerprint density at radius 1 is 1.47 bits per heavy atom. The molecule has 0 bridgehead atoms. The summed E-state index contributed by atoms with van der Waals surface area (Å²) in [5, 5.41) is 9.37. The van der Waals surface area contributed by atoms with E-state index in [1.54, 1.807) is 17.5 Å². The van der Waals surface area contributed by atoms with Crippen molar-refractivity contribution in [2.45, 2.75) is 26.7 Å². The lowest BCUT2D eigenvalue weighted by Gasteiger charge is -2.07. The predicted octanol–water partition coefficient (Wildman–Crippen LogP) is 3.11. The number of aromatic nitrogens is 1. The van der Waals surface area contributed by atoms with E-state index in [-0.39, 0.29) is 11.9 Å². The normalized spacial score (nSPS) is 10.7. The number of rotatable bonds is 3. The highest BCUT2D eigenvalue weighted by molar-refractivity contribution is 6.00. The topological polar surface area (TPSA) is 54.5 Å². The molecule has 19 heavy (non-hydrogen) atoms. The quantitative estimate of drug-likeness (QED) is 0.793. The molecule has 98 valence electrons. The minimum atomic E-state index is -0.364. The summed E-state index contributed by atoms with van der Waals surface area (Å²) < 4.78 is 6.87. The summed E-state index contributed by atoms with van der Waals surface area (Å²) in [7, 11) is 0. The smallest absolute Gasteiger partial charge is 0.340 e. The van der Waals surface area contributed by atoms with Crippen LogP contribution < -0.4 is 0 Å². The van der Waals surface area contributed by atoms with Gasteiger partial charge in [0.15, 0.2) is 0 Å². The number of esters is 1. The van der Waals surface area contributed by atoms with E-state index in [9.17, 15) is 10.1 Å². The van der Waals surface area contributed by atoms with Gasteiger partial charge in [-0.1, -0.05) is 19.9 Å². The van der Waals surface area contributed by atoms with Crippen LogP contribution in [0.3, 0.4) is 0 Å². The van der Waals surface area contributed by atoms with Gasteiger partial charge in [-0.3, -0.25) is 0 Å². The van der Waals surface area contributed by atoms with E-state index in [2.05, 4.69) is 6.07 Å². The lowest BCUT2D eigenvalue weighted by Crippen LogP contribution is -2.08. The van der Waals surface area contributed by atoms with Gasteiger partial charge in [0, 0.05) is 11.8 Å². The first-order chi connectivity index (χ1) is 9.11. The number of hydrogen-bond donors (Lipinski definition) is 0. The molecule has 0 atom stereocenters. The van der Waals surface area contributed by atoms with Crippen LogP contribution in [0.25, 0.3) is 5.52 Å². The predicted molar refractivity (Wildman–Crippen MR) is 72.2 cm³/mol. The van der Waals surface area contributed by atoms with Crippen LogP contribution in [-0.2, 0) is 4.74 Å². The van der Waals surface area contributed by atoms with Gasteiger partial charge >= 0.3 is 5.97 Å². The Hall–Kier alpha value is -2.28. The average molecular weight is 256 g/mol. The van der Waals surface area contributed by atoms with Crippen LogP contribution in [0, 0.1) is 11.3 Å². The summed E-state index contributed by atoms with van der Waals surface area (Å²) in [4.78, 5) is 12.2. The van der Waals surface area contributed by atoms with E-state index >= 15 is 0 Å². The molecule has 0 amide bonds. The largest absolute Gasteiger partial charge is 0.462 e. The molecule has 0 N–H and O–H groups in total. The van der Waals surface area contributed by atoms with Crippen molar-refractivity contribution in [2.24, 2.45) is 0 Å². The lowest BCUT2D eigenvalue weighted by atomic mass is 9.98. The van der Waals surface area contributed by atoms with Crippen molar-refractivity contribution in [2.75, 3.05) is 6.61 Å². The second-order valence-corrected chi connectivity index (χ2v) is 4.58. The van der Waals surface area contributed by atoms with E-state index < -0.39 is 0 Å². The summed E-state index contributed by atoms with van der Waals surface area (Å²) in [5.41, 5.74) is 2.50. The Bertz CT molecular complexity index is 663. The summed E-state index contributed by atoms with van der Waals surface area (Å²) in [6.07, 6.45) is 1.79. The standard InChI is InChI=1S/C15H16N2O2/c1-4-19-15(18)14-11-7-5-6-8-17(11)12(9-16)13(14)10(2)3/h5-8,10H,4H2,1-3H3. The molecule has 0 aromatic carbocycles. The van der Waals surface area contributed by atoms with Gasteiger partial charge in [0.25, 0.3) is 0 Å². The molecule has 0 aliphatic carbocycles. The first-order valence-corrected chi connectivity index (χ1v) is 6.32. The number of carbonyl (C=O) groups excluding carboxylic acids is 1. The van der Waals surface area contributed by atoms with E-state index in [0.717, 1.165) is 11.1 Å². The maximum Gasteiger partial charge on any atom is 0.340 e. The molecule has 0 aliphatic heterocycles. The Morgan fingerprint density at radius 3 is 2.79 bits per heavy atom. The number of pyridine rings is 1. The van der Waals surface area contributed by atoms with Crippen LogP contribution in [0.15, 0.2) is 24.4 Å². The Kier molecular flexibility index (Phi) is 3.57. The highest BCUT2D eigenvalue weighted by Gasteiger charge is 2.25. The Labute approximate surface area is 112 Å². The third-order valence-electron chi connectivity index (χ3n) is 3.04. The number of nitrogens with zero attached hydrogens (tertiary/aromatic N) is 2. The monoisotopic (exact) mass is 256 g/mol. The van der Waals surface area contributed by atoms with Gasteiger partial charge in [-0.05, 0) is 25.0 Å². The molecule has 2 aromatic rings. The Balaban J connectivity index is 2.83. The van der Waals surface area contributed by atoms with E-state index in [1.807, 2.05) is 32.0 Å². The maximum atomic E-state index is 12.2. The second kappa shape index (κ2) is 5.15. The number of ether oxygens (including phenoxy) is 1. The fraction of sp³-hybridized carbons (Fsp3) is 0.333. The molecule has 0 saturated heterocycles. The van der Waals surface area contributed by atoms with Crippen LogP contribution >= 0.6 is 0 Å². The molecule has 0 aliphatic rings. The minimum absolute atomic E-state index is 0.0777. The van der Waals surface area contributed by atoms with Crippen molar-refractivity contribution in [3.05, 3.63) is 41.2 Å². The maximum absolute atomic E-state index is 12.2. The fourth-order valence-electron chi connectivity index (χ4n) is 2.32. The molecule has 4 nitrogen and oxygen atoms in total. The van der Waals surface area contributed by atoms with Crippen LogP contribution in [0.5, 0.6) is 0 Å². The SMILES string of the molecule is CCOC(=O)c1c(C(C)C)c(C#N)n2ccccc12. The first kappa shape index (κ1) is 13.2. The number of carbonyl (C=O) groups is 1. The molecule has 0 saturated carbocycles. The third-order valence-corrected chi connectivity index (χ3v) is 3.04. The van der Waals surface area contributed by atoms with Crippen molar-refractivity contribution in [3.63, 3.8) is 0 Å². The van der Waals surface area contributed by atoms with Gasteiger partial charge in [-0.15, -0.1) is 0 Å². The molecule has 0 fully saturated rings. The molecule has 2 heterocycles. The first-order valence-electron chi connectivity index (χ1n) is 6.32. The summed E-state index contributed by atoms with van der Waals surface area (Å²) in [6.45, 7) is 6.04. The third kappa shape index (κ3) is 2.08. The number of nitriles is 1. The lowest BCUT2D eigenvalue weighted by molar-refractivity contribution is 0.0527. The van der Waals surface area contributed by atoms with Crippen molar-refractivity contribution in [3.8, 4) is 6.07 Å². The van der Waals surface area contributed by atoms with Crippen molar-refractivity contribution in [1.29, 1.82) is 5.26 Å². The fourth-order valence-corrected chi connectivity index (χ4v) is 2.32. The van der Waals surface area contributed by atoms with Gasteiger partial charge in [0.1, 0.15) is 11.8 Å². The van der Waals surface area contributed by atoms with Gasteiger partial charge in [-0.2, -0.15) is 5.26 Å². The number of fused-ring (bicyclic) bond motifs is 1. The van der Waals surface area contributed by atoms with Crippen LogP contribution in [0.4, 0.5) is 0 Å². The zero-order valence-corrected chi connectivity index (χ0v) is 11.3. The average Bonchev–Trinajstić information content (AvgIpc) is 2.73. The van der Waals surface area contributed by atoms with Gasteiger partial charge in [-0.25, -0.2) is 4.79 Å².